The molecule has 0 saturated heterocycles. The third-order valence-corrected chi connectivity index (χ3v) is 3.69. The van der Waals surface area contributed by atoms with Gasteiger partial charge in [-0.3, -0.25) is 9.59 Å². The van der Waals surface area contributed by atoms with Crippen LogP contribution in [0.3, 0.4) is 0 Å². The number of carbonyl (C=O) groups excluding carboxylic acids is 2. The van der Waals surface area contributed by atoms with Crippen molar-refractivity contribution in [2.75, 3.05) is 23.8 Å². The van der Waals surface area contributed by atoms with E-state index in [1.807, 2.05) is 13.8 Å². The summed E-state index contributed by atoms with van der Waals surface area (Å²) in [6.07, 6.45) is 0.929. The maximum atomic E-state index is 12.6. The number of amides is 2. The Morgan fingerprint density at radius 1 is 0.963 bits per heavy atom. The number of ether oxygens (including phenoxy) is 2. The van der Waals surface area contributed by atoms with Crippen LogP contribution in [0.5, 0.6) is 5.75 Å². The van der Waals surface area contributed by atoms with Crippen molar-refractivity contribution in [3.8, 4) is 5.75 Å². The molecule has 2 rings (SSSR count). The van der Waals surface area contributed by atoms with Crippen LogP contribution in [0, 0.1) is 0 Å². The zero-order valence-corrected chi connectivity index (χ0v) is 16.0. The molecular weight excluding hydrogens is 344 g/mol. The fraction of sp³-hybridized carbons (Fsp3) is 0.333. The van der Waals surface area contributed by atoms with Gasteiger partial charge in [0.05, 0.1) is 13.2 Å². The summed E-state index contributed by atoms with van der Waals surface area (Å²) in [5.41, 5.74) is 2.70. The topological polar surface area (TPSA) is 76.7 Å². The van der Waals surface area contributed by atoms with E-state index < -0.39 is 0 Å². The summed E-state index contributed by atoms with van der Waals surface area (Å²) in [5, 5.41) is 5.54. The average molecular weight is 370 g/mol. The molecule has 2 amide bonds. The highest BCUT2D eigenvalue weighted by atomic mass is 16.5. The fourth-order valence-electron chi connectivity index (χ4n) is 2.50. The number of hydrogen-bond acceptors (Lipinski definition) is 4. The summed E-state index contributed by atoms with van der Waals surface area (Å²) >= 11 is 0. The minimum absolute atomic E-state index is 0.140. The van der Waals surface area contributed by atoms with Crippen LogP contribution in [0.15, 0.2) is 42.5 Å². The van der Waals surface area contributed by atoms with E-state index in [0.29, 0.717) is 36.8 Å². The molecular formula is C21H26N2O4. The molecule has 0 atom stereocenters. The monoisotopic (exact) mass is 370 g/mol. The van der Waals surface area contributed by atoms with Gasteiger partial charge in [-0.05, 0) is 55.8 Å². The number of hydrogen-bond donors (Lipinski definition) is 2. The van der Waals surface area contributed by atoms with Crippen LogP contribution in [-0.4, -0.2) is 25.0 Å². The van der Waals surface area contributed by atoms with E-state index in [1.165, 1.54) is 6.92 Å². The second-order valence-corrected chi connectivity index (χ2v) is 6.02. The van der Waals surface area contributed by atoms with E-state index in [9.17, 15) is 9.59 Å². The zero-order chi connectivity index (χ0) is 19.6. The van der Waals surface area contributed by atoms with Gasteiger partial charge in [0.15, 0.2) is 0 Å². The second kappa shape index (κ2) is 10.3. The first-order chi connectivity index (χ1) is 13.0. The summed E-state index contributed by atoms with van der Waals surface area (Å²) in [6.45, 7) is 7.02. The molecule has 0 heterocycles. The molecule has 0 bridgehead atoms. The van der Waals surface area contributed by atoms with E-state index in [1.54, 1.807) is 42.5 Å². The lowest BCUT2D eigenvalue weighted by Crippen LogP contribution is -2.13. The van der Waals surface area contributed by atoms with Gasteiger partial charge in [0.25, 0.3) is 5.91 Å². The summed E-state index contributed by atoms with van der Waals surface area (Å²) in [6, 6.07) is 12.3. The molecule has 0 saturated carbocycles. The van der Waals surface area contributed by atoms with Gasteiger partial charge in [0, 0.05) is 36.0 Å². The van der Waals surface area contributed by atoms with Crippen molar-refractivity contribution in [3.63, 3.8) is 0 Å². The van der Waals surface area contributed by atoms with Crippen molar-refractivity contribution in [1.29, 1.82) is 0 Å². The van der Waals surface area contributed by atoms with Crippen molar-refractivity contribution < 1.29 is 19.1 Å². The first-order valence-electron chi connectivity index (χ1n) is 9.06. The van der Waals surface area contributed by atoms with Crippen molar-refractivity contribution in [2.24, 2.45) is 0 Å². The van der Waals surface area contributed by atoms with Crippen LogP contribution >= 0.6 is 0 Å². The molecule has 0 unspecified atom stereocenters. The summed E-state index contributed by atoms with van der Waals surface area (Å²) in [7, 11) is 0. The number of anilines is 2. The first kappa shape index (κ1) is 20.5. The lowest BCUT2D eigenvalue weighted by atomic mass is 10.1. The molecule has 6 heteroatoms. The van der Waals surface area contributed by atoms with Crippen LogP contribution in [0.1, 0.15) is 43.1 Å². The van der Waals surface area contributed by atoms with Crippen molar-refractivity contribution in [1.82, 2.24) is 0 Å². The van der Waals surface area contributed by atoms with Gasteiger partial charge in [0.1, 0.15) is 5.75 Å². The van der Waals surface area contributed by atoms with Crippen LogP contribution in [0.25, 0.3) is 0 Å². The van der Waals surface area contributed by atoms with Gasteiger partial charge in [-0.2, -0.15) is 0 Å². The summed E-state index contributed by atoms with van der Waals surface area (Å²) in [5.74, 6) is 0.367. The molecule has 2 aromatic carbocycles. The van der Waals surface area contributed by atoms with Crippen LogP contribution in [0.4, 0.5) is 11.4 Å². The predicted octanol–water partition coefficient (Wildman–Crippen LogP) is 4.22. The molecule has 6 nitrogen and oxygen atoms in total. The largest absolute Gasteiger partial charge is 0.494 e. The molecule has 0 aromatic heterocycles. The maximum Gasteiger partial charge on any atom is 0.255 e. The Hall–Kier alpha value is -2.86. The van der Waals surface area contributed by atoms with Gasteiger partial charge in [-0.25, -0.2) is 0 Å². The summed E-state index contributed by atoms with van der Waals surface area (Å²) < 4.78 is 11.2. The number of benzene rings is 2. The smallest absolute Gasteiger partial charge is 0.255 e. The average Bonchev–Trinajstić information content (AvgIpc) is 2.64. The lowest BCUT2D eigenvalue weighted by Gasteiger charge is -2.13. The molecule has 2 aromatic rings. The Kier molecular flexibility index (Phi) is 7.82. The first-order valence-corrected chi connectivity index (χ1v) is 9.06. The van der Waals surface area contributed by atoms with Crippen molar-refractivity contribution in [3.05, 3.63) is 53.6 Å². The minimum Gasteiger partial charge on any atom is -0.494 e. The Balaban J connectivity index is 2.10. The van der Waals surface area contributed by atoms with E-state index in [-0.39, 0.29) is 11.8 Å². The minimum atomic E-state index is -0.220. The number of rotatable bonds is 9. The Labute approximate surface area is 159 Å². The molecule has 144 valence electrons. The molecule has 0 aliphatic heterocycles. The van der Waals surface area contributed by atoms with Gasteiger partial charge >= 0.3 is 0 Å². The van der Waals surface area contributed by atoms with Gasteiger partial charge in [0.2, 0.25) is 5.91 Å². The molecule has 27 heavy (non-hydrogen) atoms. The predicted molar refractivity (Wildman–Crippen MR) is 106 cm³/mol. The highest BCUT2D eigenvalue weighted by molar-refractivity contribution is 6.04. The Bertz CT molecular complexity index is 772. The van der Waals surface area contributed by atoms with Gasteiger partial charge in [-0.15, -0.1) is 0 Å². The van der Waals surface area contributed by atoms with E-state index in [0.717, 1.165) is 17.7 Å². The fourth-order valence-corrected chi connectivity index (χ4v) is 2.50. The van der Waals surface area contributed by atoms with E-state index in [2.05, 4.69) is 10.6 Å². The molecule has 0 aliphatic carbocycles. The highest BCUT2D eigenvalue weighted by Crippen LogP contribution is 2.22. The quantitative estimate of drug-likeness (QED) is 0.648. The molecule has 0 fully saturated rings. The molecule has 2 N–H and O–H groups in total. The molecule has 0 radical (unpaired) electrons. The Morgan fingerprint density at radius 3 is 2.22 bits per heavy atom. The normalized spacial score (nSPS) is 10.3. The Morgan fingerprint density at radius 2 is 1.63 bits per heavy atom. The molecule has 0 spiro atoms. The van der Waals surface area contributed by atoms with Crippen molar-refractivity contribution in [2.45, 2.75) is 33.8 Å². The van der Waals surface area contributed by atoms with Crippen LogP contribution < -0.4 is 15.4 Å². The molecule has 0 aliphatic rings. The standard InChI is InChI=1S/C21H26N2O4/c1-4-12-26-14-17-13-16(6-11-20(17)27-5-2)21(25)23-19-9-7-18(8-10-19)22-15(3)24/h6-11,13H,4-5,12,14H2,1-3H3,(H,22,24)(H,23,25). The SMILES string of the molecule is CCCOCc1cc(C(=O)Nc2ccc(NC(C)=O)cc2)ccc1OCC. The number of nitrogens with one attached hydrogen (secondary N) is 2. The van der Waals surface area contributed by atoms with E-state index >= 15 is 0 Å². The number of carbonyl (C=O) groups is 2. The maximum absolute atomic E-state index is 12.6. The van der Waals surface area contributed by atoms with Crippen LogP contribution in [0.2, 0.25) is 0 Å². The van der Waals surface area contributed by atoms with E-state index in [4.69, 9.17) is 9.47 Å². The van der Waals surface area contributed by atoms with Crippen LogP contribution in [-0.2, 0) is 16.1 Å². The summed E-state index contributed by atoms with van der Waals surface area (Å²) in [4.78, 5) is 23.6. The third-order valence-electron chi connectivity index (χ3n) is 3.69. The van der Waals surface area contributed by atoms with Gasteiger partial charge in [-0.1, -0.05) is 6.92 Å². The third kappa shape index (κ3) is 6.42. The second-order valence-electron chi connectivity index (χ2n) is 6.02. The lowest BCUT2D eigenvalue weighted by molar-refractivity contribution is -0.114. The van der Waals surface area contributed by atoms with Crippen molar-refractivity contribution >= 4 is 23.2 Å². The zero-order valence-electron chi connectivity index (χ0n) is 16.0. The highest BCUT2D eigenvalue weighted by Gasteiger charge is 2.11. The van der Waals surface area contributed by atoms with Gasteiger partial charge < -0.3 is 20.1 Å².